The second-order valence-electron chi connectivity index (χ2n) is 6.63. The van der Waals surface area contributed by atoms with Crippen molar-refractivity contribution in [2.75, 3.05) is 6.54 Å². The average molecular weight is 351 g/mol. The second-order valence-corrected chi connectivity index (χ2v) is 6.63. The van der Waals surface area contributed by atoms with Crippen LogP contribution in [0.3, 0.4) is 0 Å². The largest absolute Gasteiger partial charge is 0.329 e. The number of benzene rings is 1. The monoisotopic (exact) mass is 351 g/mol. The first-order chi connectivity index (χ1) is 12.5. The highest BCUT2D eigenvalue weighted by Crippen LogP contribution is 2.24. The van der Waals surface area contributed by atoms with Gasteiger partial charge < -0.3 is 9.88 Å². The number of nitrogens with one attached hydrogen (secondary N) is 1. The normalized spacial score (nSPS) is 15.8. The zero-order valence-electron chi connectivity index (χ0n) is 15.8. The molecule has 1 fully saturated rings. The highest BCUT2D eigenvalue weighted by Gasteiger charge is 2.32. The third-order valence-corrected chi connectivity index (χ3v) is 4.78. The van der Waals surface area contributed by atoms with Gasteiger partial charge in [-0.1, -0.05) is 26.0 Å². The van der Waals surface area contributed by atoms with Gasteiger partial charge in [0.25, 0.3) is 5.91 Å². The Bertz CT molecular complexity index is 875. The van der Waals surface area contributed by atoms with Gasteiger partial charge in [-0.25, -0.2) is 4.79 Å². The lowest BCUT2D eigenvalue weighted by molar-refractivity contribution is -0.122. The quantitative estimate of drug-likeness (QED) is 0.655. The van der Waals surface area contributed by atoms with Crippen molar-refractivity contribution in [3.63, 3.8) is 0 Å². The van der Waals surface area contributed by atoms with Crippen molar-refractivity contribution in [2.24, 2.45) is 0 Å². The van der Waals surface area contributed by atoms with Gasteiger partial charge in [0.15, 0.2) is 0 Å². The molecule has 1 saturated heterocycles. The molecule has 5 nitrogen and oxygen atoms in total. The first-order valence-electron chi connectivity index (χ1n) is 9.09. The van der Waals surface area contributed by atoms with Crippen LogP contribution in [0.2, 0.25) is 0 Å². The molecule has 1 aromatic carbocycles. The zero-order chi connectivity index (χ0) is 18.8. The molecule has 0 atom stereocenters. The fourth-order valence-electron chi connectivity index (χ4n) is 3.37. The summed E-state index contributed by atoms with van der Waals surface area (Å²) in [6, 6.07) is 10.2. The molecule has 0 aliphatic carbocycles. The van der Waals surface area contributed by atoms with E-state index in [0.717, 1.165) is 35.5 Å². The minimum atomic E-state index is -0.341. The standard InChI is InChI=1S/C21H25N3O2/c1-5-11-23-20(25)19(22-21(23)26)13-17-12-14(3)24(15(17)4)18-9-7-16(6-2)8-10-18/h7-10,12-13H,5-6,11H2,1-4H3,(H,22,26)/b19-13+. The van der Waals surface area contributed by atoms with Crippen molar-refractivity contribution < 1.29 is 9.59 Å². The number of aryl methyl sites for hydroxylation is 2. The minimum absolute atomic E-state index is 0.256. The fourth-order valence-corrected chi connectivity index (χ4v) is 3.37. The van der Waals surface area contributed by atoms with Crippen LogP contribution in [0.15, 0.2) is 36.0 Å². The van der Waals surface area contributed by atoms with Gasteiger partial charge in [-0.3, -0.25) is 9.69 Å². The summed E-state index contributed by atoms with van der Waals surface area (Å²) in [4.78, 5) is 25.6. The van der Waals surface area contributed by atoms with Crippen LogP contribution in [0.5, 0.6) is 0 Å². The lowest BCUT2D eigenvalue weighted by Crippen LogP contribution is -2.31. The highest BCUT2D eigenvalue weighted by atomic mass is 16.2. The highest BCUT2D eigenvalue weighted by molar-refractivity contribution is 6.14. The molecular weight excluding hydrogens is 326 g/mol. The molecule has 1 aliphatic heterocycles. The molecule has 1 aliphatic rings. The molecular formula is C21H25N3O2. The van der Waals surface area contributed by atoms with E-state index in [-0.39, 0.29) is 11.9 Å². The predicted molar refractivity (Wildman–Crippen MR) is 103 cm³/mol. The molecule has 2 heterocycles. The van der Waals surface area contributed by atoms with Crippen LogP contribution < -0.4 is 5.32 Å². The number of carbonyl (C=O) groups is 2. The van der Waals surface area contributed by atoms with Crippen molar-refractivity contribution >= 4 is 18.0 Å². The van der Waals surface area contributed by atoms with Gasteiger partial charge in [0.05, 0.1) is 0 Å². The molecule has 0 unspecified atom stereocenters. The Hall–Kier alpha value is -2.82. The molecule has 2 aromatic rings. The number of rotatable bonds is 5. The Kier molecular flexibility index (Phi) is 4.98. The number of aromatic nitrogens is 1. The smallest absolute Gasteiger partial charge is 0.318 e. The minimum Gasteiger partial charge on any atom is -0.318 e. The molecule has 26 heavy (non-hydrogen) atoms. The SMILES string of the molecule is CCCN1C(=O)N/C(=C/c2cc(C)n(-c3ccc(CC)cc3)c2C)C1=O. The molecule has 3 rings (SSSR count). The topological polar surface area (TPSA) is 54.3 Å². The summed E-state index contributed by atoms with van der Waals surface area (Å²) in [6.45, 7) is 8.59. The molecule has 0 saturated carbocycles. The number of imide groups is 1. The molecule has 0 spiro atoms. The number of nitrogens with zero attached hydrogens (tertiary/aromatic N) is 2. The van der Waals surface area contributed by atoms with Gasteiger partial charge in [-0.2, -0.15) is 0 Å². The zero-order valence-corrected chi connectivity index (χ0v) is 15.8. The van der Waals surface area contributed by atoms with E-state index >= 15 is 0 Å². The van der Waals surface area contributed by atoms with Crippen LogP contribution in [0.4, 0.5) is 4.79 Å². The Morgan fingerprint density at radius 1 is 1.08 bits per heavy atom. The molecule has 1 aromatic heterocycles. The summed E-state index contributed by atoms with van der Waals surface area (Å²) >= 11 is 0. The Morgan fingerprint density at radius 3 is 2.38 bits per heavy atom. The Morgan fingerprint density at radius 2 is 1.77 bits per heavy atom. The van der Waals surface area contributed by atoms with Crippen LogP contribution in [0.25, 0.3) is 11.8 Å². The summed E-state index contributed by atoms with van der Waals surface area (Å²) in [5.41, 5.74) is 5.79. The van der Waals surface area contributed by atoms with E-state index in [9.17, 15) is 9.59 Å². The second kappa shape index (κ2) is 7.20. The molecule has 5 heteroatoms. The van der Waals surface area contributed by atoms with Crippen molar-refractivity contribution in [1.82, 2.24) is 14.8 Å². The van der Waals surface area contributed by atoms with Crippen LogP contribution >= 0.6 is 0 Å². The van der Waals surface area contributed by atoms with Gasteiger partial charge in [0, 0.05) is 23.6 Å². The Labute approximate surface area is 154 Å². The fraction of sp³-hybridized carbons (Fsp3) is 0.333. The molecule has 136 valence electrons. The number of urea groups is 1. The number of hydrogen-bond donors (Lipinski definition) is 1. The van der Waals surface area contributed by atoms with E-state index in [1.807, 2.05) is 26.8 Å². The third-order valence-electron chi connectivity index (χ3n) is 4.78. The first-order valence-corrected chi connectivity index (χ1v) is 9.09. The maximum absolute atomic E-state index is 12.4. The predicted octanol–water partition coefficient (Wildman–Crippen LogP) is 3.96. The van der Waals surface area contributed by atoms with E-state index in [4.69, 9.17) is 0 Å². The summed E-state index contributed by atoms with van der Waals surface area (Å²) < 4.78 is 2.16. The van der Waals surface area contributed by atoms with E-state index in [2.05, 4.69) is 41.1 Å². The first kappa shape index (κ1) is 18.0. The van der Waals surface area contributed by atoms with Crippen molar-refractivity contribution in [2.45, 2.75) is 40.5 Å². The van der Waals surface area contributed by atoms with Gasteiger partial charge in [-0.15, -0.1) is 0 Å². The number of carbonyl (C=O) groups excluding carboxylic acids is 2. The van der Waals surface area contributed by atoms with Crippen LogP contribution in [0.1, 0.15) is 42.8 Å². The Balaban J connectivity index is 1.95. The van der Waals surface area contributed by atoms with Crippen LogP contribution in [-0.2, 0) is 11.2 Å². The van der Waals surface area contributed by atoms with Gasteiger partial charge in [0.2, 0.25) is 0 Å². The van der Waals surface area contributed by atoms with Gasteiger partial charge in [-0.05, 0) is 62.1 Å². The molecule has 3 amide bonds. The third kappa shape index (κ3) is 3.17. The summed E-state index contributed by atoms with van der Waals surface area (Å²) in [5.74, 6) is -0.256. The lowest BCUT2D eigenvalue weighted by Gasteiger charge is -2.10. The van der Waals surface area contributed by atoms with Crippen molar-refractivity contribution in [1.29, 1.82) is 0 Å². The van der Waals surface area contributed by atoms with E-state index in [0.29, 0.717) is 12.2 Å². The molecule has 1 N–H and O–H groups in total. The summed E-state index contributed by atoms with van der Waals surface area (Å²) in [7, 11) is 0. The average Bonchev–Trinajstić information content (AvgIpc) is 3.05. The maximum atomic E-state index is 12.4. The van der Waals surface area contributed by atoms with Crippen molar-refractivity contribution in [3.8, 4) is 5.69 Å². The van der Waals surface area contributed by atoms with E-state index in [1.54, 1.807) is 6.08 Å². The maximum Gasteiger partial charge on any atom is 0.329 e. The number of hydrogen-bond acceptors (Lipinski definition) is 2. The van der Waals surface area contributed by atoms with E-state index in [1.165, 1.54) is 10.5 Å². The van der Waals surface area contributed by atoms with Crippen LogP contribution in [-0.4, -0.2) is 28.0 Å². The lowest BCUT2D eigenvalue weighted by atomic mass is 10.1. The number of amides is 3. The van der Waals surface area contributed by atoms with Crippen molar-refractivity contribution in [3.05, 3.63) is 58.5 Å². The summed E-state index contributed by atoms with van der Waals surface area (Å²) in [5, 5.41) is 2.69. The van der Waals surface area contributed by atoms with E-state index < -0.39 is 0 Å². The van der Waals surface area contributed by atoms with Crippen LogP contribution in [0, 0.1) is 13.8 Å². The van der Waals surface area contributed by atoms with Gasteiger partial charge >= 0.3 is 6.03 Å². The molecule has 0 bridgehead atoms. The summed E-state index contributed by atoms with van der Waals surface area (Å²) in [6.07, 6.45) is 3.53. The molecule has 0 radical (unpaired) electrons. The van der Waals surface area contributed by atoms with Gasteiger partial charge in [0.1, 0.15) is 5.70 Å².